The molecule has 0 spiro atoms. The van der Waals surface area contributed by atoms with Crippen molar-refractivity contribution in [2.24, 2.45) is 0 Å². The van der Waals surface area contributed by atoms with Gasteiger partial charge in [0.2, 0.25) is 0 Å². The predicted octanol–water partition coefficient (Wildman–Crippen LogP) is 2.80. The van der Waals surface area contributed by atoms with E-state index in [9.17, 15) is 15.0 Å². The molecule has 122 valence electrons. The summed E-state index contributed by atoms with van der Waals surface area (Å²) < 4.78 is 0. The second-order valence-corrected chi connectivity index (χ2v) is 8.28. The third-order valence-electron chi connectivity index (χ3n) is 4.12. The van der Waals surface area contributed by atoms with Crippen molar-refractivity contribution in [3.63, 3.8) is 0 Å². The average Bonchev–Trinajstić information content (AvgIpc) is 2.31. The number of amides is 1. The largest absolute Gasteiger partial charge is 0.507 e. The van der Waals surface area contributed by atoms with Gasteiger partial charge in [0.1, 0.15) is 5.75 Å². The van der Waals surface area contributed by atoms with Crippen molar-refractivity contribution in [1.82, 2.24) is 4.90 Å². The molecule has 0 saturated carbocycles. The molecule has 1 saturated heterocycles. The van der Waals surface area contributed by atoms with Crippen LogP contribution in [0.25, 0.3) is 0 Å². The monoisotopic (exact) mass is 305 g/mol. The van der Waals surface area contributed by atoms with E-state index in [-0.39, 0.29) is 22.5 Å². The molecule has 22 heavy (non-hydrogen) atoms. The third-order valence-corrected chi connectivity index (χ3v) is 4.12. The number of β-amino-alcohol motifs (C(OH)–C–C–N with tert-alkyl or cyclic N) is 1. The number of benzene rings is 1. The summed E-state index contributed by atoms with van der Waals surface area (Å²) in [6, 6.07) is 3.58. The summed E-state index contributed by atoms with van der Waals surface area (Å²) >= 11 is 0. The van der Waals surface area contributed by atoms with Gasteiger partial charge in [-0.15, -0.1) is 0 Å². The fourth-order valence-corrected chi connectivity index (χ4v) is 2.71. The van der Waals surface area contributed by atoms with Crippen LogP contribution in [0.4, 0.5) is 0 Å². The SMILES string of the molecule is CC(C)(C)c1cc(C(=O)N2CC(O)C2)cc(C(C)(C)C)c1O. The van der Waals surface area contributed by atoms with E-state index in [1.165, 1.54) is 0 Å². The number of aromatic hydroxyl groups is 1. The molecular weight excluding hydrogens is 278 g/mol. The molecule has 1 aromatic carbocycles. The summed E-state index contributed by atoms with van der Waals surface area (Å²) in [5.41, 5.74) is 1.64. The number of hydrogen-bond donors (Lipinski definition) is 2. The quantitative estimate of drug-likeness (QED) is 0.838. The van der Waals surface area contributed by atoms with Crippen LogP contribution in [0.1, 0.15) is 63.0 Å². The Balaban J connectivity index is 2.53. The van der Waals surface area contributed by atoms with Crippen LogP contribution in [0, 0.1) is 0 Å². The van der Waals surface area contributed by atoms with Crippen LogP contribution in [0.5, 0.6) is 5.75 Å². The molecule has 0 unspecified atom stereocenters. The number of nitrogens with zero attached hydrogens (tertiary/aromatic N) is 1. The highest BCUT2D eigenvalue weighted by molar-refractivity contribution is 5.95. The van der Waals surface area contributed by atoms with Crippen LogP contribution in [-0.2, 0) is 10.8 Å². The first-order valence-corrected chi connectivity index (χ1v) is 7.76. The van der Waals surface area contributed by atoms with Crippen molar-refractivity contribution in [3.8, 4) is 5.75 Å². The second kappa shape index (κ2) is 5.27. The summed E-state index contributed by atoms with van der Waals surface area (Å²) in [4.78, 5) is 14.2. The van der Waals surface area contributed by atoms with Gasteiger partial charge in [0, 0.05) is 29.8 Å². The highest BCUT2D eigenvalue weighted by Crippen LogP contribution is 2.40. The lowest BCUT2D eigenvalue weighted by molar-refractivity contribution is 0.00587. The molecule has 4 heteroatoms. The molecule has 0 radical (unpaired) electrons. The molecule has 2 rings (SSSR count). The topological polar surface area (TPSA) is 60.8 Å². The number of phenols is 1. The maximum absolute atomic E-state index is 12.6. The van der Waals surface area contributed by atoms with Crippen LogP contribution in [0.3, 0.4) is 0 Å². The maximum atomic E-state index is 12.6. The van der Waals surface area contributed by atoms with Crippen molar-refractivity contribution >= 4 is 5.91 Å². The summed E-state index contributed by atoms with van der Waals surface area (Å²) in [6.45, 7) is 12.9. The number of carbonyl (C=O) groups excluding carboxylic acids is 1. The number of aliphatic hydroxyl groups is 1. The smallest absolute Gasteiger partial charge is 0.254 e. The Morgan fingerprint density at radius 3 is 1.77 bits per heavy atom. The first-order valence-electron chi connectivity index (χ1n) is 7.76. The Morgan fingerprint density at radius 2 is 1.45 bits per heavy atom. The highest BCUT2D eigenvalue weighted by Gasteiger charge is 2.32. The molecule has 0 aromatic heterocycles. The second-order valence-electron chi connectivity index (χ2n) is 8.28. The van der Waals surface area contributed by atoms with E-state index in [2.05, 4.69) is 0 Å². The first-order chi connectivity index (χ1) is 9.91. The van der Waals surface area contributed by atoms with Crippen LogP contribution >= 0.6 is 0 Å². The molecule has 1 aromatic rings. The highest BCUT2D eigenvalue weighted by atomic mass is 16.3. The minimum atomic E-state index is -0.412. The van der Waals surface area contributed by atoms with Gasteiger partial charge in [-0.3, -0.25) is 4.79 Å². The van der Waals surface area contributed by atoms with E-state index in [4.69, 9.17) is 0 Å². The number of rotatable bonds is 1. The summed E-state index contributed by atoms with van der Waals surface area (Å²) in [6.07, 6.45) is -0.412. The zero-order valence-electron chi connectivity index (χ0n) is 14.4. The van der Waals surface area contributed by atoms with E-state index in [0.29, 0.717) is 18.7 Å². The predicted molar refractivity (Wildman–Crippen MR) is 87.4 cm³/mol. The van der Waals surface area contributed by atoms with Crippen molar-refractivity contribution < 1.29 is 15.0 Å². The standard InChI is InChI=1S/C18H27NO3/c1-17(2,3)13-7-11(16(22)19-9-12(20)10-19)8-14(15(13)21)18(4,5)6/h7-8,12,20-21H,9-10H2,1-6H3. The van der Waals surface area contributed by atoms with Crippen molar-refractivity contribution in [3.05, 3.63) is 28.8 Å². The number of likely N-dealkylation sites (tertiary alicyclic amines) is 1. The molecule has 0 atom stereocenters. The average molecular weight is 305 g/mol. The molecule has 1 fully saturated rings. The van der Waals surface area contributed by atoms with E-state index < -0.39 is 6.10 Å². The minimum absolute atomic E-state index is 0.0821. The number of hydrogen-bond acceptors (Lipinski definition) is 3. The van der Waals surface area contributed by atoms with Gasteiger partial charge in [-0.25, -0.2) is 0 Å². The van der Waals surface area contributed by atoms with Gasteiger partial charge in [-0.2, -0.15) is 0 Å². The van der Waals surface area contributed by atoms with E-state index in [1.807, 2.05) is 41.5 Å². The van der Waals surface area contributed by atoms with Crippen molar-refractivity contribution in [1.29, 1.82) is 0 Å². The van der Waals surface area contributed by atoms with Crippen LogP contribution < -0.4 is 0 Å². The molecule has 1 aliphatic heterocycles. The van der Waals surface area contributed by atoms with Crippen LogP contribution in [-0.4, -0.2) is 40.2 Å². The molecule has 0 bridgehead atoms. The zero-order chi connectivity index (χ0) is 16.9. The molecule has 0 aliphatic carbocycles. The van der Waals surface area contributed by atoms with Gasteiger partial charge >= 0.3 is 0 Å². The molecule has 1 heterocycles. The fraction of sp³-hybridized carbons (Fsp3) is 0.611. The Kier molecular flexibility index (Phi) is 4.03. The van der Waals surface area contributed by atoms with Crippen molar-refractivity contribution in [2.45, 2.75) is 58.5 Å². The van der Waals surface area contributed by atoms with Crippen LogP contribution in [0.15, 0.2) is 12.1 Å². The molecule has 2 N–H and O–H groups in total. The van der Waals surface area contributed by atoms with Gasteiger partial charge in [-0.1, -0.05) is 41.5 Å². The summed E-state index contributed by atoms with van der Waals surface area (Å²) in [5.74, 6) is 0.196. The lowest BCUT2D eigenvalue weighted by Crippen LogP contribution is -2.53. The fourth-order valence-electron chi connectivity index (χ4n) is 2.71. The van der Waals surface area contributed by atoms with E-state index >= 15 is 0 Å². The Labute approximate surface area is 132 Å². The van der Waals surface area contributed by atoms with Crippen molar-refractivity contribution in [2.75, 3.05) is 13.1 Å². The van der Waals surface area contributed by atoms with Crippen LogP contribution in [0.2, 0.25) is 0 Å². The van der Waals surface area contributed by atoms with Gasteiger partial charge in [0.05, 0.1) is 6.10 Å². The van der Waals surface area contributed by atoms with Gasteiger partial charge in [0.25, 0.3) is 5.91 Å². The summed E-state index contributed by atoms with van der Waals surface area (Å²) in [7, 11) is 0. The minimum Gasteiger partial charge on any atom is -0.507 e. The summed E-state index contributed by atoms with van der Waals surface area (Å²) in [5, 5.41) is 20.0. The normalized spacial score (nSPS) is 16.6. The lowest BCUT2D eigenvalue weighted by atomic mass is 9.78. The molecule has 1 amide bonds. The Morgan fingerprint density at radius 1 is 1.05 bits per heavy atom. The van der Waals surface area contributed by atoms with E-state index in [1.54, 1.807) is 17.0 Å². The maximum Gasteiger partial charge on any atom is 0.254 e. The number of phenolic OH excluding ortho intramolecular Hbond substituents is 1. The third kappa shape index (κ3) is 3.12. The number of aliphatic hydroxyl groups excluding tert-OH is 1. The zero-order valence-corrected chi connectivity index (χ0v) is 14.4. The molecular formula is C18H27NO3. The molecule has 4 nitrogen and oxygen atoms in total. The Hall–Kier alpha value is -1.55. The van der Waals surface area contributed by atoms with Gasteiger partial charge in [-0.05, 0) is 23.0 Å². The van der Waals surface area contributed by atoms with Gasteiger partial charge < -0.3 is 15.1 Å². The Bertz CT molecular complexity index is 552. The first kappa shape index (κ1) is 16.8. The molecule has 1 aliphatic rings. The number of carbonyl (C=O) groups is 1. The van der Waals surface area contributed by atoms with E-state index in [0.717, 1.165) is 11.1 Å². The van der Waals surface area contributed by atoms with Gasteiger partial charge in [0.15, 0.2) is 0 Å². The lowest BCUT2D eigenvalue weighted by Gasteiger charge is -2.36.